The number of hydrogen-bond acceptors (Lipinski definition) is 3. The van der Waals surface area contributed by atoms with E-state index in [4.69, 9.17) is 0 Å². The molecule has 0 amide bonds. The highest BCUT2D eigenvalue weighted by Crippen LogP contribution is 2.26. The smallest absolute Gasteiger partial charge is 0.356 e. The average molecular weight is 559 g/mol. The van der Waals surface area contributed by atoms with E-state index < -0.39 is 24.9 Å². The van der Waals surface area contributed by atoms with Crippen LogP contribution < -0.4 is 5.32 Å². The Morgan fingerprint density at radius 1 is 1.00 bits per heavy atom. The molecule has 0 aliphatic carbocycles. The van der Waals surface area contributed by atoms with Crippen LogP contribution in [0.2, 0.25) is 0 Å². The first-order chi connectivity index (χ1) is 13.5. The predicted molar refractivity (Wildman–Crippen MR) is 115 cm³/mol. The molecular weight excluding hydrogens is 527 g/mol. The van der Waals surface area contributed by atoms with Crippen LogP contribution in [0.5, 0.6) is 0 Å². The van der Waals surface area contributed by atoms with Crippen LogP contribution in [0.25, 0.3) is 0 Å². The summed E-state index contributed by atoms with van der Waals surface area (Å²) >= 11 is 0. The summed E-state index contributed by atoms with van der Waals surface area (Å²) in [7, 11) is 1.64. The van der Waals surface area contributed by atoms with Gasteiger partial charge in [-0.1, -0.05) is 0 Å². The van der Waals surface area contributed by atoms with E-state index in [1.165, 1.54) is 16.7 Å². The largest absolute Gasteiger partial charge is 0.403 e. The van der Waals surface area contributed by atoms with Gasteiger partial charge < -0.3 is 10.2 Å². The molecule has 0 radical (unpaired) electrons. The summed E-state index contributed by atoms with van der Waals surface area (Å²) in [6, 6.07) is -1.46. The SMILES string of the molecule is CN=C(NCCC1CCN(CC(F)(F)F)CC1)N1CCN(C(C)C(F)(F)F)CC1.I. The van der Waals surface area contributed by atoms with Gasteiger partial charge in [-0.3, -0.25) is 14.8 Å². The number of piperazine rings is 1. The molecule has 30 heavy (non-hydrogen) atoms. The van der Waals surface area contributed by atoms with Gasteiger partial charge in [-0.2, -0.15) is 26.3 Å². The molecule has 2 fully saturated rings. The summed E-state index contributed by atoms with van der Waals surface area (Å²) in [6.45, 7) is 3.47. The number of aliphatic imine (C=N–C) groups is 1. The minimum atomic E-state index is -4.22. The summed E-state index contributed by atoms with van der Waals surface area (Å²) in [6.07, 6.45) is -6.06. The number of nitrogens with zero attached hydrogens (tertiary/aromatic N) is 4. The second-order valence-electron chi connectivity index (χ2n) is 7.84. The lowest BCUT2D eigenvalue weighted by molar-refractivity contribution is -0.181. The highest BCUT2D eigenvalue weighted by Gasteiger charge is 2.41. The summed E-state index contributed by atoms with van der Waals surface area (Å²) in [5, 5.41) is 3.25. The molecule has 2 saturated heterocycles. The molecule has 0 bridgehead atoms. The third-order valence-corrected chi connectivity index (χ3v) is 5.79. The molecule has 1 unspecified atom stereocenters. The summed E-state index contributed by atoms with van der Waals surface area (Å²) < 4.78 is 75.9. The highest BCUT2D eigenvalue weighted by molar-refractivity contribution is 14.0. The number of guanidine groups is 1. The van der Waals surface area contributed by atoms with Gasteiger partial charge in [-0.05, 0) is 45.2 Å². The zero-order valence-electron chi connectivity index (χ0n) is 17.4. The van der Waals surface area contributed by atoms with Gasteiger partial charge in [-0.25, -0.2) is 0 Å². The minimum Gasteiger partial charge on any atom is -0.356 e. The second kappa shape index (κ2) is 11.9. The first-order valence-corrected chi connectivity index (χ1v) is 10.0. The molecular formula is C18H32F6IN5. The van der Waals surface area contributed by atoms with Gasteiger partial charge in [0.1, 0.15) is 6.04 Å². The number of piperidine rings is 1. The van der Waals surface area contributed by atoms with E-state index in [1.807, 2.05) is 4.90 Å². The van der Waals surface area contributed by atoms with Gasteiger partial charge in [-0.15, -0.1) is 24.0 Å². The van der Waals surface area contributed by atoms with E-state index in [9.17, 15) is 26.3 Å². The fourth-order valence-electron chi connectivity index (χ4n) is 3.94. The van der Waals surface area contributed by atoms with Crippen molar-refractivity contribution >= 4 is 29.9 Å². The van der Waals surface area contributed by atoms with E-state index in [0.717, 1.165) is 19.3 Å². The highest BCUT2D eigenvalue weighted by atomic mass is 127. The van der Waals surface area contributed by atoms with Crippen LogP contribution in [0.15, 0.2) is 4.99 Å². The predicted octanol–water partition coefficient (Wildman–Crippen LogP) is 3.41. The lowest BCUT2D eigenvalue weighted by Crippen LogP contribution is -2.56. The van der Waals surface area contributed by atoms with Crippen molar-refractivity contribution in [3.05, 3.63) is 0 Å². The van der Waals surface area contributed by atoms with Crippen molar-refractivity contribution in [2.75, 3.05) is 59.4 Å². The molecule has 178 valence electrons. The van der Waals surface area contributed by atoms with Crippen molar-refractivity contribution in [3.8, 4) is 0 Å². The fourth-order valence-corrected chi connectivity index (χ4v) is 3.94. The van der Waals surface area contributed by atoms with Gasteiger partial charge in [0.25, 0.3) is 0 Å². The van der Waals surface area contributed by atoms with Crippen molar-refractivity contribution in [1.29, 1.82) is 0 Å². The van der Waals surface area contributed by atoms with E-state index in [2.05, 4.69) is 10.3 Å². The summed E-state index contributed by atoms with van der Waals surface area (Å²) in [5.74, 6) is 1.04. The number of likely N-dealkylation sites (tertiary alicyclic amines) is 1. The van der Waals surface area contributed by atoms with Crippen LogP contribution in [0, 0.1) is 5.92 Å². The molecule has 12 heteroatoms. The van der Waals surface area contributed by atoms with E-state index in [-0.39, 0.29) is 24.0 Å². The Bertz CT molecular complexity index is 526. The Kier molecular flexibility index (Phi) is 11.0. The number of rotatable bonds is 5. The van der Waals surface area contributed by atoms with Gasteiger partial charge in [0.15, 0.2) is 5.96 Å². The zero-order valence-corrected chi connectivity index (χ0v) is 19.7. The Morgan fingerprint density at radius 3 is 2.03 bits per heavy atom. The van der Waals surface area contributed by atoms with Crippen molar-refractivity contribution < 1.29 is 26.3 Å². The summed E-state index contributed by atoms with van der Waals surface area (Å²) in [4.78, 5) is 9.05. The van der Waals surface area contributed by atoms with Crippen LogP contribution in [-0.2, 0) is 0 Å². The van der Waals surface area contributed by atoms with Crippen molar-refractivity contribution in [2.45, 2.75) is 44.6 Å². The van der Waals surface area contributed by atoms with E-state index in [1.54, 1.807) is 7.05 Å². The zero-order chi connectivity index (χ0) is 21.7. The maximum absolute atomic E-state index is 12.9. The third-order valence-electron chi connectivity index (χ3n) is 5.79. The number of nitrogens with one attached hydrogen (secondary N) is 1. The Balaban J connectivity index is 0.00000450. The topological polar surface area (TPSA) is 34.1 Å². The molecule has 2 rings (SSSR count). The molecule has 2 aliphatic heterocycles. The first-order valence-electron chi connectivity index (χ1n) is 10.0. The van der Waals surface area contributed by atoms with Crippen molar-refractivity contribution in [1.82, 2.24) is 20.0 Å². The molecule has 0 aromatic heterocycles. The Morgan fingerprint density at radius 2 is 1.57 bits per heavy atom. The fraction of sp³-hybridized carbons (Fsp3) is 0.944. The van der Waals surface area contributed by atoms with Gasteiger partial charge in [0, 0.05) is 39.8 Å². The summed E-state index contributed by atoms with van der Waals surface area (Å²) in [5.41, 5.74) is 0. The Hall–Kier alpha value is -0.500. The lowest BCUT2D eigenvalue weighted by Gasteiger charge is -2.39. The van der Waals surface area contributed by atoms with Gasteiger partial charge in [0.2, 0.25) is 0 Å². The number of halogens is 7. The number of alkyl halides is 6. The van der Waals surface area contributed by atoms with Gasteiger partial charge >= 0.3 is 12.4 Å². The lowest BCUT2D eigenvalue weighted by atomic mass is 9.93. The molecule has 0 spiro atoms. The van der Waals surface area contributed by atoms with Crippen LogP contribution in [0.1, 0.15) is 26.2 Å². The molecule has 1 atom stereocenters. The monoisotopic (exact) mass is 559 g/mol. The van der Waals surface area contributed by atoms with E-state index >= 15 is 0 Å². The van der Waals surface area contributed by atoms with Crippen molar-refractivity contribution in [3.63, 3.8) is 0 Å². The number of hydrogen-bond donors (Lipinski definition) is 1. The molecule has 2 aliphatic rings. The maximum Gasteiger partial charge on any atom is 0.403 e. The van der Waals surface area contributed by atoms with Crippen LogP contribution in [0.4, 0.5) is 26.3 Å². The van der Waals surface area contributed by atoms with E-state index in [0.29, 0.717) is 57.7 Å². The molecule has 2 heterocycles. The molecule has 0 aromatic carbocycles. The van der Waals surface area contributed by atoms with Crippen LogP contribution >= 0.6 is 24.0 Å². The second-order valence-corrected chi connectivity index (χ2v) is 7.84. The normalized spacial score (nSPS) is 22.0. The molecule has 0 aromatic rings. The van der Waals surface area contributed by atoms with Gasteiger partial charge in [0.05, 0.1) is 6.54 Å². The molecule has 5 nitrogen and oxygen atoms in total. The molecule has 0 saturated carbocycles. The maximum atomic E-state index is 12.9. The average Bonchev–Trinajstić information content (AvgIpc) is 2.64. The van der Waals surface area contributed by atoms with Crippen LogP contribution in [0.3, 0.4) is 0 Å². The quantitative estimate of drug-likeness (QED) is 0.243. The first kappa shape index (κ1) is 27.5. The Labute approximate surface area is 191 Å². The van der Waals surface area contributed by atoms with Crippen molar-refractivity contribution in [2.24, 2.45) is 10.9 Å². The van der Waals surface area contributed by atoms with Crippen LogP contribution in [-0.4, -0.2) is 98.5 Å². The molecule has 1 N–H and O–H groups in total. The minimum absolute atomic E-state index is 0. The third kappa shape index (κ3) is 8.93. The standard InChI is InChI=1S/C18H31F6N5.HI/c1-14(18(22,23)24)28-9-11-29(12-10-28)16(25-2)26-6-3-15-4-7-27(8-5-15)13-17(19,20)21;/h14-15H,3-13H2,1-2H3,(H,25,26);1H.